The fourth-order valence-corrected chi connectivity index (χ4v) is 2.77. The lowest BCUT2D eigenvalue weighted by molar-refractivity contribution is -0.890. The van der Waals surface area contributed by atoms with E-state index in [2.05, 4.69) is 10.4 Å². The molecular weight excluding hydrogens is 240 g/mol. The molecule has 0 saturated carbocycles. The third-order valence-corrected chi connectivity index (χ3v) is 3.99. The number of aromatic nitrogens is 2. The lowest BCUT2D eigenvalue weighted by atomic mass is 10.2. The number of likely N-dealkylation sites (tertiary alicyclic amines) is 1. The number of hydrogen-bond acceptors (Lipinski definition) is 2. The first-order valence-electron chi connectivity index (χ1n) is 7.21. The van der Waals surface area contributed by atoms with Gasteiger partial charge in [-0.15, -0.1) is 0 Å². The van der Waals surface area contributed by atoms with Gasteiger partial charge in [0.25, 0.3) is 5.91 Å². The molecule has 2 heterocycles. The van der Waals surface area contributed by atoms with Gasteiger partial charge in [-0.05, 0) is 39.5 Å². The Morgan fingerprint density at radius 2 is 1.89 bits per heavy atom. The summed E-state index contributed by atoms with van der Waals surface area (Å²) in [5.74, 6) is 0.107. The molecule has 2 rings (SSSR count). The topological polar surface area (TPSA) is 51.4 Å². The second-order valence-electron chi connectivity index (χ2n) is 5.56. The van der Waals surface area contributed by atoms with Crippen LogP contribution in [0.3, 0.4) is 0 Å². The molecule has 1 aliphatic heterocycles. The summed E-state index contributed by atoms with van der Waals surface area (Å²) >= 11 is 0. The monoisotopic (exact) mass is 265 g/mol. The average molecular weight is 265 g/mol. The number of nitrogens with zero attached hydrogens (tertiary/aromatic N) is 2. The minimum absolute atomic E-state index is 0.107. The highest BCUT2D eigenvalue weighted by molar-refractivity contribution is 5.92. The highest BCUT2D eigenvalue weighted by Gasteiger charge is 2.18. The Labute approximate surface area is 115 Å². The summed E-state index contributed by atoms with van der Waals surface area (Å²) in [6, 6.07) is 0. The van der Waals surface area contributed by atoms with Crippen molar-refractivity contribution in [2.75, 3.05) is 25.0 Å². The smallest absolute Gasteiger partial charge is 0.279 e. The molecule has 0 unspecified atom stereocenters. The van der Waals surface area contributed by atoms with Crippen molar-refractivity contribution in [3.63, 3.8) is 0 Å². The lowest BCUT2D eigenvalue weighted by Gasteiger charge is -2.16. The fraction of sp³-hybridized carbons (Fsp3) is 0.714. The number of carbonyl (C=O) groups is 1. The molecule has 0 aromatic carbocycles. The van der Waals surface area contributed by atoms with Gasteiger partial charge in [0.05, 0.1) is 30.2 Å². The van der Waals surface area contributed by atoms with Gasteiger partial charge in [0, 0.05) is 7.05 Å². The van der Waals surface area contributed by atoms with Crippen LogP contribution in [0.25, 0.3) is 0 Å². The Hall–Kier alpha value is -1.36. The van der Waals surface area contributed by atoms with Crippen LogP contribution < -0.4 is 10.2 Å². The van der Waals surface area contributed by atoms with E-state index < -0.39 is 0 Å². The van der Waals surface area contributed by atoms with Gasteiger partial charge in [-0.3, -0.25) is 9.48 Å². The first kappa shape index (κ1) is 14.1. The molecule has 0 spiro atoms. The number of hydrogen-bond donors (Lipinski definition) is 2. The molecule has 1 aliphatic rings. The Morgan fingerprint density at radius 1 is 1.26 bits per heavy atom. The molecule has 0 bridgehead atoms. The van der Waals surface area contributed by atoms with Gasteiger partial charge in [-0.25, -0.2) is 0 Å². The van der Waals surface area contributed by atoms with Gasteiger partial charge in [0.15, 0.2) is 6.54 Å². The van der Waals surface area contributed by atoms with E-state index in [1.165, 1.54) is 30.6 Å². The number of amides is 1. The fourth-order valence-electron chi connectivity index (χ4n) is 2.77. The number of anilines is 1. The standard InChI is InChI=1S/C14H24N4O/c1-11-14(12(2)17(3)16-11)15-13(19)10-18-8-6-4-5-7-9-18/h4-10H2,1-3H3,(H,15,19)/p+1. The van der Waals surface area contributed by atoms with E-state index >= 15 is 0 Å². The first-order valence-corrected chi connectivity index (χ1v) is 7.21. The summed E-state index contributed by atoms with van der Waals surface area (Å²) in [7, 11) is 1.90. The van der Waals surface area contributed by atoms with Crippen LogP contribution >= 0.6 is 0 Å². The number of carbonyl (C=O) groups excluding carboxylic acids is 1. The van der Waals surface area contributed by atoms with Crippen LogP contribution in [0.15, 0.2) is 0 Å². The Balaban J connectivity index is 1.93. The maximum atomic E-state index is 12.1. The van der Waals surface area contributed by atoms with Crippen LogP contribution in [0.5, 0.6) is 0 Å². The molecule has 1 aromatic rings. The zero-order chi connectivity index (χ0) is 13.8. The number of aryl methyl sites for hydroxylation is 2. The van der Waals surface area contributed by atoms with Gasteiger partial charge in [-0.1, -0.05) is 0 Å². The summed E-state index contributed by atoms with van der Waals surface area (Å²) < 4.78 is 1.81. The predicted octanol–water partition coefficient (Wildman–Crippen LogP) is 0.434. The average Bonchev–Trinajstić information content (AvgIpc) is 2.60. The molecule has 1 amide bonds. The van der Waals surface area contributed by atoms with Crippen molar-refractivity contribution in [3.8, 4) is 0 Å². The second-order valence-corrected chi connectivity index (χ2v) is 5.56. The molecule has 0 radical (unpaired) electrons. The highest BCUT2D eigenvalue weighted by atomic mass is 16.2. The molecular formula is C14H25N4O+. The quantitative estimate of drug-likeness (QED) is 0.833. The van der Waals surface area contributed by atoms with Crippen molar-refractivity contribution < 1.29 is 9.69 Å². The molecule has 1 fully saturated rings. The Bertz CT molecular complexity index is 445. The SMILES string of the molecule is Cc1nn(C)c(C)c1NC(=O)C[NH+]1CCCCCC1. The van der Waals surface area contributed by atoms with Crippen molar-refractivity contribution in [1.82, 2.24) is 9.78 Å². The van der Waals surface area contributed by atoms with Crippen molar-refractivity contribution in [3.05, 3.63) is 11.4 Å². The maximum absolute atomic E-state index is 12.1. The molecule has 0 atom stereocenters. The van der Waals surface area contributed by atoms with Crippen molar-refractivity contribution >= 4 is 11.6 Å². The second kappa shape index (κ2) is 6.19. The summed E-state index contributed by atoms with van der Waals surface area (Å²) in [5.41, 5.74) is 2.78. The molecule has 2 N–H and O–H groups in total. The minimum Gasteiger partial charge on any atom is -0.327 e. The van der Waals surface area contributed by atoms with Crippen LogP contribution in [0.2, 0.25) is 0 Å². The third-order valence-electron chi connectivity index (χ3n) is 3.99. The van der Waals surface area contributed by atoms with Crippen LogP contribution in [-0.2, 0) is 11.8 Å². The van der Waals surface area contributed by atoms with Crippen molar-refractivity contribution in [2.45, 2.75) is 39.5 Å². The molecule has 1 aromatic heterocycles. The van der Waals surface area contributed by atoms with E-state index in [0.717, 1.165) is 30.2 Å². The van der Waals surface area contributed by atoms with Gasteiger partial charge < -0.3 is 10.2 Å². The van der Waals surface area contributed by atoms with E-state index in [-0.39, 0.29) is 5.91 Å². The summed E-state index contributed by atoms with van der Waals surface area (Å²) in [6.45, 7) is 6.74. The zero-order valence-electron chi connectivity index (χ0n) is 12.3. The van der Waals surface area contributed by atoms with E-state index in [9.17, 15) is 4.79 Å². The summed E-state index contributed by atoms with van der Waals surface area (Å²) in [5, 5.41) is 7.34. The summed E-state index contributed by atoms with van der Waals surface area (Å²) in [6.07, 6.45) is 5.11. The van der Waals surface area contributed by atoms with Gasteiger partial charge in [0.2, 0.25) is 0 Å². The van der Waals surface area contributed by atoms with Gasteiger partial charge in [-0.2, -0.15) is 5.10 Å². The van der Waals surface area contributed by atoms with Crippen molar-refractivity contribution in [2.24, 2.45) is 7.05 Å². The molecule has 19 heavy (non-hydrogen) atoms. The predicted molar refractivity (Wildman–Crippen MR) is 75.3 cm³/mol. The first-order chi connectivity index (χ1) is 9.08. The highest BCUT2D eigenvalue weighted by Crippen LogP contribution is 2.17. The normalized spacial score (nSPS) is 17.2. The van der Waals surface area contributed by atoms with Gasteiger partial charge >= 0.3 is 0 Å². The maximum Gasteiger partial charge on any atom is 0.279 e. The molecule has 5 heteroatoms. The largest absolute Gasteiger partial charge is 0.327 e. The van der Waals surface area contributed by atoms with E-state index in [4.69, 9.17) is 0 Å². The van der Waals surface area contributed by atoms with Crippen LogP contribution in [0.4, 0.5) is 5.69 Å². The van der Waals surface area contributed by atoms with E-state index in [0.29, 0.717) is 6.54 Å². The molecule has 0 aliphatic carbocycles. The van der Waals surface area contributed by atoms with E-state index in [1.807, 2.05) is 25.6 Å². The van der Waals surface area contributed by atoms with Gasteiger partial charge in [0.1, 0.15) is 0 Å². The Kier molecular flexibility index (Phi) is 4.58. The molecule has 5 nitrogen and oxygen atoms in total. The van der Waals surface area contributed by atoms with Crippen LogP contribution in [0.1, 0.15) is 37.1 Å². The number of rotatable bonds is 3. The Morgan fingerprint density at radius 3 is 2.42 bits per heavy atom. The third kappa shape index (κ3) is 3.56. The minimum atomic E-state index is 0.107. The summed E-state index contributed by atoms with van der Waals surface area (Å²) in [4.78, 5) is 13.5. The van der Waals surface area contributed by atoms with Crippen LogP contribution in [0, 0.1) is 13.8 Å². The molecule has 1 saturated heterocycles. The van der Waals surface area contributed by atoms with Crippen molar-refractivity contribution in [1.29, 1.82) is 0 Å². The number of quaternary nitrogens is 1. The molecule has 106 valence electrons. The van der Waals surface area contributed by atoms with E-state index in [1.54, 1.807) is 0 Å². The van der Waals surface area contributed by atoms with Crippen LogP contribution in [-0.4, -0.2) is 35.3 Å². The zero-order valence-corrected chi connectivity index (χ0v) is 12.3. The lowest BCUT2D eigenvalue weighted by Crippen LogP contribution is -3.12. The number of nitrogens with one attached hydrogen (secondary N) is 2.